The van der Waals surface area contributed by atoms with E-state index in [9.17, 15) is 18.7 Å². The molecule has 0 fully saturated rings. The van der Waals surface area contributed by atoms with Crippen LogP contribution in [0.1, 0.15) is 71.1 Å². The highest BCUT2D eigenvalue weighted by molar-refractivity contribution is 5.93. The molecule has 1 amide bonds. The Morgan fingerprint density at radius 1 is 1.36 bits per heavy atom. The summed E-state index contributed by atoms with van der Waals surface area (Å²) in [7, 11) is 0. The SMILES string of the molecule is Cc1ccc2cc([C@@H]3c4nc[nH]c4CCN3C(=O)c3oc(C(C)(C)O)nc3C(F)F)nn2c1. The van der Waals surface area contributed by atoms with Gasteiger partial charge in [-0.2, -0.15) is 5.10 Å². The van der Waals surface area contributed by atoms with Crippen LogP contribution in [0.4, 0.5) is 8.78 Å². The summed E-state index contributed by atoms with van der Waals surface area (Å²) in [6.07, 6.45) is 0.809. The molecule has 0 radical (unpaired) electrons. The monoisotopic (exact) mass is 456 g/mol. The van der Waals surface area contributed by atoms with Gasteiger partial charge in [-0.15, -0.1) is 0 Å². The van der Waals surface area contributed by atoms with E-state index in [0.717, 1.165) is 16.8 Å². The van der Waals surface area contributed by atoms with Crippen LogP contribution in [0.3, 0.4) is 0 Å². The Labute approximate surface area is 187 Å². The molecular weight excluding hydrogens is 434 g/mol. The molecule has 0 saturated carbocycles. The van der Waals surface area contributed by atoms with Gasteiger partial charge >= 0.3 is 0 Å². The van der Waals surface area contributed by atoms with Gasteiger partial charge in [-0.05, 0) is 38.5 Å². The van der Waals surface area contributed by atoms with Gasteiger partial charge in [0, 0.05) is 24.9 Å². The van der Waals surface area contributed by atoms with Crippen molar-refractivity contribution in [1.29, 1.82) is 0 Å². The number of amides is 1. The molecule has 9 nitrogen and oxygen atoms in total. The lowest BCUT2D eigenvalue weighted by atomic mass is 9.99. The number of rotatable bonds is 4. The van der Waals surface area contributed by atoms with Gasteiger partial charge in [0.05, 0.1) is 23.2 Å². The second kappa shape index (κ2) is 7.48. The molecule has 11 heteroatoms. The summed E-state index contributed by atoms with van der Waals surface area (Å²) >= 11 is 0. The van der Waals surface area contributed by atoms with Crippen LogP contribution in [0.25, 0.3) is 5.52 Å². The smallest absolute Gasteiger partial charge is 0.292 e. The molecule has 33 heavy (non-hydrogen) atoms. The molecule has 1 atom stereocenters. The molecule has 0 aliphatic carbocycles. The number of aromatic amines is 1. The summed E-state index contributed by atoms with van der Waals surface area (Å²) in [5.74, 6) is -1.70. The van der Waals surface area contributed by atoms with Crippen molar-refractivity contribution in [3.8, 4) is 0 Å². The van der Waals surface area contributed by atoms with Crippen molar-refractivity contribution in [2.45, 2.75) is 45.3 Å². The Balaban J connectivity index is 1.62. The number of oxazole rings is 1. The molecule has 0 aromatic carbocycles. The predicted molar refractivity (Wildman–Crippen MR) is 112 cm³/mol. The fourth-order valence-corrected chi connectivity index (χ4v) is 4.06. The molecule has 0 saturated heterocycles. The maximum Gasteiger partial charge on any atom is 0.292 e. The van der Waals surface area contributed by atoms with Gasteiger partial charge in [0.15, 0.2) is 5.69 Å². The molecule has 172 valence electrons. The van der Waals surface area contributed by atoms with Gasteiger partial charge in [0.1, 0.15) is 11.6 Å². The Morgan fingerprint density at radius 3 is 2.88 bits per heavy atom. The summed E-state index contributed by atoms with van der Waals surface area (Å²) in [4.78, 5) is 26.2. The van der Waals surface area contributed by atoms with E-state index in [1.165, 1.54) is 25.1 Å². The van der Waals surface area contributed by atoms with Crippen molar-refractivity contribution in [3.05, 3.63) is 70.7 Å². The topological polar surface area (TPSA) is 113 Å². The summed E-state index contributed by atoms with van der Waals surface area (Å²) in [5, 5.41) is 14.8. The predicted octanol–water partition coefficient (Wildman–Crippen LogP) is 3.31. The molecule has 0 spiro atoms. The number of fused-ring (bicyclic) bond motifs is 2. The number of H-pyrrole nitrogens is 1. The summed E-state index contributed by atoms with van der Waals surface area (Å²) in [6.45, 7) is 4.87. The Morgan fingerprint density at radius 2 is 2.15 bits per heavy atom. The average molecular weight is 456 g/mol. The summed E-state index contributed by atoms with van der Waals surface area (Å²) in [5.41, 5.74) is 1.39. The van der Waals surface area contributed by atoms with Crippen LogP contribution in [0.2, 0.25) is 0 Å². The lowest BCUT2D eigenvalue weighted by Gasteiger charge is -2.33. The van der Waals surface area contributed by atoms with E-state index in [4.69, 9.17) is 4.42 Å². The zero-order valence-electron chi connectivity index (χ0n) is 18.2. The van der Waals surface area contributed by atoms with E-state index in [1.54, 1.807) is 4.52 Å². The zero-order chi connectivity index (χ0) is 23.5. The molecule has 2 N–H and O–H groups in total. The van der Waals surface area contributed by atoms with Gasteiger partial charge in [-0.1, -0.05) is 6.07 Å². The second-order valence-corrected chi connectivity index (χ2v) is 8.66. The van der Waals surface area contributed by atoms with E-state index in [1.807, 2.05) is 31.3 Å². The van der Waals surface area contributed by atoms with Crippen LogP contribution in [-0.2, 0) is 12.0 Å². The second-order valence-electron chi connectivity index (χ2n) is 8.66. The van der Waals surface area contributed by atoms with Crippen molar-refractivity contribution in [1.82, 2.24) is 29.5 Å². The van der Waals surface area contributed by atoms with E-state index in [-0.39, 0.29) is 12.4 Å². The fraction of sp³-hybridized carbons (Fsp3) is 0.364. The van der Waals surface area contributed by atoms with Gasteiger partial charge in [0.25, 0.3) is 12.3 Å². The third-order valence-electron chi connectivity index (χ3n) is 5.67. The first-order valence-electron chi connectivity index (χ1n) is 10.4. The lowest BCUT2D eigenvalue weighted by Crippen LogP contribution is -2.41. The maximum absolute atomic E-state index is 13.7. The largest absolute Gasteiger partial charge is 0.432 e. The van der Waals surface area contributed by atoms with Gasteiger partial charge in [0.2, 0.25) is 11.7 Å². The summed E-state index contributed by atoms with van der Waals surface area (Å²) in [6, 6.07) is 4.98. The first-order chi connectivity index (χ1) is 15.6. The van der Waals surface area contributed by atoms with Crippen LogP contribution < -0.4 is 0 Å². The first-order valence-corrected chi connectivity index (χ1v) is 10.4. The molecule has 0 bridgehead atoms. The number of nitrogens with zero attached hydrogens (tertiary/aromatic N) is 5. The number of hydrogen-bond acceptors (Lipinski definition) is 6. The van der Waals surface area contributed by atoms with Crippen molar-refractivity contribution in [2.24, 2.45) is 0 Å². The summed E-state index contributed by atoms with van der Waals surface area (Å²) < 4.78 is 34.6. The van der Waals surface area contributed by atoms with E-state index in [0.29, 0.717) is 17.8 Å². The van der Waals surface area contributed by atoms with Crippen molar-refractivity contribution in [2.75, 3.05) is 6.54 Å². The Kier molecular flexibility index (Phi) is 4.82. The van der Waals surface area contributed by atoms with Gasteiger partial charge in [-0.25, -0.2) is 23.3 Å². The number of pyridine rings is 1. The number of carbonyl (C=O) groups excluding carboxylic acids is 1. The van der Waals surface area contributed by atoms with Crippen LogP contribution in [0.15, 0.2) is 35.1 Å². The Hall–Kier alpha value is -3.60. The zero-order valence-corrected chi connectivity index (χ0v) is 18.2. The number of aryl methyl sites for hydroxylation is 1. The van der Waals surface area contributed by atoms with Crippen molar-refractivity contribution < 1.29 is 23.1 Å². The third-order valence-corrected chi connectivity index (χ3v) is 5.67. The van der Waals surface area contributed by atoms with Crippen molar-refractivity contribution >= 4 is 11.4 Å². The van der Waals surface area contributed by atoms with Crippen LogP contribution in [-0.4, -0.2) is 47.0 Å². The maximum atomic E-state index is 13.7. The lowest BCUT2D eigenvalue weighted by molar-refractivity contribution is 0.0440. The normalized spacial score (nSPS) is 16.6. The van der Waals surface area contributed by atoms with Crippen LogP contribution in [0.5, 0.6) is 0 Å². The average Bonchev–Trinajstić information content (AvgIpc) is 3.48. The van der Waals surface area contributed by atoms with Crippen LogP contribution >= 0.6 is 0 Å². The number of aromatic nitrogens is 5. The minimum absolute atomic E-state index is 0.229. The highest BCUT2D eigenvalue weighted by Crippen LogP contribution is 2.36. The number of carbonyl (C=O) groups is 1. The first kappa shape index (κ1) is 21.3. The fourth-order valence-electron chi connectivity index (χ4n) is 4.06. The van der Waals surface area contributed by atoms with E-state index < -0.39 is 35.4 Å². The number of hydrogen-bond donors (Lipinski definition) is 2. The highest BCUT2D eigenvalue weighted by atomic mass is 19.3. The number of halogens is 2. The van der Waals surface area contributed by atoms with Gasteiger partial charge in [-0.3, -0.25) is 4.79 Å². The number of alkyl halides is 2. The number of aliphatic hydroxyl groups is 1. The quantitative estimate of drug-likeness (QED) is 0.487. The minimum Gasteiger partial charge on any atom is -0.432 e. The molecule has 0 unspecified atom stereocenters. The highest BCUT2D eigenvalue weighted by Gasteiger charge is 2.40. The molecular formula is C22H22F2N6O3. The molecule has 5 heterocycles. The number of nitrogens with one attached hydrogen (secondary N) is 1. The Bertz CT molecular complexity index is 1350. The molecule has 5 rings (SSSR count). The van der Waals surface area contributed by atoms with E-state index >= 15 is 0 Å². The van der Waals surface area contributed by atoms with Crippen LogP contribution in [0, 0.1) is 6.92 Å². The number of imidazole rings is 1. The van der Waals surface area contributed by atoms with Gasteiger partial charge < -0.3 is 19.4 Å². The molecule has 1 aliphatic rings. The molecule has 1 aliphatic heterocycles. The third kappa shape index (κ3) is 3.58. The molecule has 4 aromatic rings. The minimum atomic E-state index is -3.05. The molecule has 4 aromatic heterocycles. The van der Waals surface area contributed by atoms with Crippen molar-refractivity contribution in [3.63, 3.8) is 0 Å². The van der Waals surface area contributed by atoms with E-state index in [2.05, 4.69) is 20.1 Å². The standard InChI is InChI=1S/C22H22F2N6O3/c1-11-4-5-12-8-14(28-30(12)9-11)17-15-13(25-10-26-15)6-7-29(17)20(31)18-16(19(23)24)27-21(33-18)22(2,3)32/h4-5,8-10,17,19,32H,6-7H2,1-3H3,(H,25,26)/t17-/m1/s1.